The lowest BCUT2D eigenvalue weighted by Gasteiger charge is -2.08. The number of hydrogen-bond acceptors (Lipinski definition) is 3. The molecule has 0 atom stereocenters. The van der Waals surface area contributed by atoms with Gasteiger partial charge in [0.15, 0.2) is 6.61 Å². The second kappa shape index (κ2) is 5.32. The average Bonchev–Trinajstić information content (AvgIpc) is 2.33. The highest BCUT2D eigenvalue weighted by molar-refractivity contribution is 5.78. The van der Waals surface area contributed by atoms with E-state index >= 15 is 0 Å². The van der Waals surface area contributed by atoms with E-state index in [1.54, 1.807) is 6.07 Å². The first-order valence-corrected chi connectivity index (χ1v) is 5.31. The molecule has 18 heavy (non-hydrogen) atoms. The maximum atomic E-state index is 11.8. The number of para-hydroxylation sites is 1. The highest BCUT2D eigenvalue weighted by Crippen LogP contribution is 2.14. The van der Waals surface area contributed by atoms with Crippen LogP contribution < -0.4 is 5.48 Å². The van der Waals surface area contributed by atoms with Gasteiger partial charge >= 0.3 is 6.18 Å². The van der Waals surface area contributed by atoms with Gasteiger partial charge in [0.25, 0.3) is 0 Å². The molecule has 2 rings (SSSR count). The van der Waals surface area contributed by atoms with Gasteiger partial charge in [-0.05, 0) is 12.1 Å². The number of aromatic nitrogens is 1. The van der Waals surface area contributed by atoms with Crippen molar-refractivity contribution >= 4 is 10.9 Å². The zero-order valence-corrected chi connectivity index (χ0v) is 9.37. The number of pyridine rings is 1. The van der Waals surface area contributed by atoms with E-state index in [0.717, 1.165) is 10.9 Å². The molecule has 2 aromatic rings. The van der Waals surface area contributed by atoms with Crippen LogP contribution in [0.3, 0.4) is 0 Å². The fourth-order valence-corrected chi connectivity index (χ4v) is 1.46. The molecule has 1 aromatic carbocycles. The van der Waals surface area contributed by atoms with Gasteiger partial charge in [0.2, 0.25) is 0 Å². The summed E-state index contributed by atoms with van der Waals surface area (Å²) in [4.78, 5) is 8.58. The summed E-state index contributed by atoms with van der Waals surface area (Å²) in [5.41, 5.74) is 3.66. The molecule has 0 aliphatic heterocycles. The molecule has 0 spiro atoms. The Balaban J connectivity index is 1.92. The van der Waals surface area contributed by atoms with Crippen LogP contribution in [0.1, 0.15) is 5.69 Å². The molecule has 3 nitrogen and oxygen atoms in total. The minimum Gasteiger partial charge on any atom is -0.292 e. The van der Waals surface area contributed by atoms with Gasteiger partial charge in [-0.15, -0.1) is 0 Å². The van der Waals surface area contributed by atoms with Crippen molar-refractivity contribution in [1.82, 2.24) is 10.5 Å². The fraction of sp³-hybridized carbons (Fsp3) is 0.250. The van der Waals surface area contributed by atoms with Crippen molar-refractivity contribution in [1.29, 1.82) is 0 Å². The lowest BCUT2D eigenvalue weighted by Crippen LogP contribution is -2.24. The van der Waals surface area contributed by atoms with Crippen LogP contribution in [0.15, 0.2) is 36.4 Å². The predicted molar refractivity (Wildman–Crippen MR) is 60.6 cm³/mol. The first kappa shape index (κ1) is 12.8. The first-order chi connectivity index (χ1) is 8.54. The molecule has 96 valence electrons. The summed E-state index contributed by atoms with van der Waals surface area (Å²) >= 11 is 0. The van der Waals surface area contributed by atoms with Crippen molar-refractivity contribution in [2.75, 3.05) is 6.61 Å². The van der Waals surface area contributed by atoms with Crippen molar-refractivity contribution in [3.63, 3.8) is 0 Å². The summed E-state index contributed by atoms with van der Waals surface area (Å²) in [5, 5.41) is 0.984. The van der Waals surface area contributed by atoms with Crippen LogP contribution >= 0.6 is 0 Å². The van der Waals surface area contributed by atoms with Crippen molar-refractivity contribution in [2.45, 2.75) is 12.7 Å². The molecule has 0 amide bonds. The fourth-order valence-electron chi connectivity index (χ4n) is 1.46. The number of hydroxylamine groups is 1. The van der Waals surface area contributed by atoms with E-state index in [0.29, 0.717) is 5.69 Å². The molecule has 1 aromatic heterocycles. The van der Waals surface area contributed by atoms with Crippen LogP contribution in [0.25, 0.3) is 10.9 Å². The largest absolute Gasteiger partial charge is 0.413 e. The number of benzene rings is 1. The van der Waals surface area contributed by atoms with Gasteiger partial charge in [-0.3, -0.25) is 9.82 Å². The summed E-state index contributed by atoms with van der Waals surface area (Å²) in [6.45, 7) is -1.19. The van der Waals surface area contributed by atoms with Gasteiger partial charge in [0.1, 0.15) is 0 Å². The molecule has 0 aliphatic carbocycles. The molecule has 0 aliphatic rings. The molecule has 1 N–H and O–H groups in total. The molecule has 0 fully saturated rings. The van der Waals surface area contributed by atoms with Gasteiger partial charge in [0, 0.05) is 5.39 Å². The smallest absolute Gasteiger partial charge is 0.292 e. The SMILES string of the molecule is FC(F)(F)CONCc1ccc2ccccc2n1. The Hall–Kier alpha value is -1.66. The molecule has 0 bridgehead atoms. The van der Waals surface area contributed by atoms with E-state index in [4.69, 9.17) is 0 Å². The minimum atomic E-state index is -4.33. The molecule has 0 saturated heterocycles. The summed E-state index contributed by atoms with van der Waals surface area (Å²) in [7, 11) is 0. The van der Waals surface area contributed by atoms with E-state index < -0.39 is 12.8 Å². The van der Waals surface area contributed by atoms with Crippen LogP contribution in [-0.2, 0) is 11.4 Å². The summed E-state index contributed by atoms with van der Waals surface area (Å²) in [6.07, 6.45) is -4.33. The molecule has 0 saturated carbocycles. The maximum absolute atomic E-state index is 11.8. The Bertz CT molecular complexity index is 528. The molecule has 0 radical (unpaired) electrons. The van der Waals surface area contributed by atoms with Crippen LogP contribution in [0, 0.1) is 0 Å². The third kappa shape index (κ3) is 3.68. The highest BCUT2D eigenvalue weighted by atomic mass is 19.4. The second-order valence-electron chi connectivity index (χ2n) is 3.72. The van der Waals surface area contributed by atoms with Gasteiger partial charge in [-0.1, -0.05) is 24.3 Å². The molecular weight excluding hydrogens is 245 g/mol. The van der Waals surface area contributed by atoms with Crippen LogP contribution in [0.5, 0.6) is 0 Å². The maximum Gasteiger partial charge on any atom is 0.413 e. The zero-order chi connectivity index (χ0) is 13.0. The standard InChI is InChI=1S/C12H11F3N2O/c13-12(14,15)8-18-16-7-10-6-5-9-3-1-2-4-11(9)17-10/h1-6,16H,7-8H2. The van der Waals surface area contributed by atoms with Crippen molar-refractivity contribution in [2.24, 2.45) is 0 Å². The average molecular weight is 256 g/mol. The van der Waals surface area contributed by atoms with Crippen LogP contribution in [0.4, 0.5) is 13.2 Å². The molecule has 0 unspecified atom stereocenters. The number of rotatable bonds is 4. The third-order valence-corrected chi connectivity index (χ3v) is 2.25. The Labute approximate surface area is 102 Å². The number of hydrogen-bond donors (Lipinski definition) is 1. The monoisotopic (exact) mass is 256 g/mol. The van der Waals surface area contributed by atoms with E-state index in [1.165, 1.54) is 0 Å². The number of alkyl halides is 3. The lowest BCUT2D eigenvalue weighted by atomic mass is 10.2. The number of nitrogens with zero attached hydrogens (tertiary/aromatic N) is 1. The normalized spacial score (nSPS) is 11.9. The first-order valence-electron chi connectivity index (χ1n) is 5.31. The second-order valence-corrected chi connectivity index (χ2v) is 3.72. The van der Waals surface area contributed by atoms with E-state index in [9.17, 15) is 13.2 Å². The van der Waals surface area contributed by atoms with Crippen molar-refractivity contribution in [3.8, 4) is 0 Å². The van der Waals surface area contributed by atoms with E-state index in [2.05, 4.69) is 15.3 Å². The summed E-state index contributed by atoms with van der Waals surface area (Å²) in [6, 6.07) is 11.1. The summed E-state index contributed by atoms with van der Waals surface area (Å²) < 4.78 is 35.4. The van der Waals surface area contributed by atoms with Crippen molar-refractivity contribution in [3.05, 3.63) is 42.1 Å². The molecular formula is C12H11F3N2O. The minimum absolute atomic E-state index is 0.126. The van der Waals surface area contributed by atoms with Crippen LogP contribution in [0.2, 0.25) is 0 Å². The number of halogens is 3. The van der Waals surface area contributed by atoms with Gasteiger partial charge in [0.05, 0.1) is 17.8 Å². The van der Waals surface area contributed by atoms with E-state index in [1.807, 2.05) is 30.3 Å². The zero-order valence-electron chi connectivity index (χ0n) is 9.37. The number of fused-ring (bicyclic) bond motifs is 1. The Morgan fingerprint density at radius 1 is 1.11 bits per heavy atom. The third-order valence-electron chi connectivity index (χ3n) is 2.25. The summed E-state index contributed by atoms with van der Waals surface area (Å²) in [5.74, 6) is 0. The molecule has 1 heterocycles. The lowest BCUT2D eigenvalue weighted by molar-refractivity contribution is -0.190. The predicted octanol–water partition coefficient (Wildman–Crippen LogP) is 2.82. The van der Waals surface area contributed by atoms with E-state index in [-0.39, 0.29) is 6.54 Å². The number of nitrogens with one attached hydrogen (secondary N) is 1. The highest BCUT2D eigenvalue weighted by Gasteiger charge is 2.27. The molecule has 6 heteroatoms. The topological polar surface area (TPSA) is 34.1 Å². The van der Waals surface area contributed by atoms with Gasteiger partial charge < -0.3 is 0 Å². The van der Waals surface area contributed by atoms with Crippen molar-refractivity contribution < 1.29 is 18.0 Å². The van der Waals surface area contributed by atoms with Gasteiger partial charge in [-0.25, -0.2) is 0 Å². The Morgan fingerprint density at radius 3 is 2.67 bits per heavy atom. The quantitative estimate of drug-likeness (QED) is 0.674. The van der Waals surface area contributed by atoms with Gasteiger partial charge in [-0.2, -0.15) is 18.7 Å². The Morgan fingerprint density at radius 2 is 1.89 bits per heavy atom. The Kier molecular flexibility index (Phi) is 3.78. The van der Waals surface area contributed by atoms with Crippen LogP contribution in [-0.4, -0.2) is 17.8 Å².